The van der Waals surface area contributed by atoms with Crippen molar-refractivity contribution in [2.24, 2.45) is 5.92 Å². The molecular formula is C34H39F3N4O4. The van der Waals surface area contributed by atoms with Crippen LogP contribution in [0.3, 0.4) is 0 Å². The van der Waals surface area contributed by atoms with Crippen molar-refractivity contribution in [1.29, 1.82) is 0 Å². The molecule has 0 unspecified atom stereocenters. The highest BCUT2D eigenvalue weighted by Gasteiger charge is 2.30. The molecule has 0 radical (unpaired) electrons. The quantitative estimate of drug-likeness (QED) is 0.266. The van der Waals surface area contributed by atoms with E-state index in [9.17, 15) is 18.8 Å². The lowest BCUT2D eigenvalue weighted by Crippen LogP contribution is -2.48. The fraction of sp³-hybridized carbons (Fsp3) is 0.412. The summed E-state index contributed by atoms with van der Waals surface area (Å²) in [7, 11) is 1.95. The normalized spacial score (nSPS) is 14.2. The number of aryl methyl sites for hydroxylation is 2. The molecular weight excluding hydrogens is 585 g/mol. The molecule has 11 heteroatoms. The number of benzene rings is 2. The summed E-state index contributed by atoms with van der Waals surface area (Å²) >= 11 is 0. The van der Waals surface area contributed by atoms with E-state index in [-0.39, 0.29) is 35.8 Å². The number of hydrogen-bond acceptors (Lipinski definition) is 6. The molecule has 0 aliphatic carbocycles. The van der Waals surface area contributed by atoms with E-state index in [0.717, 1.165) is 23.9 Å². The van der Waals surface area contributed by atoms with Crippen molar-refractivity contribution in [3.05, 3.63) is 87.5 Å². The highest BCUT2D eigenvalue weighted by atomic mass is 19.2. The van der Waals surface area contributed by atoms with Gasteiger partial charge in [0.05, 0.1) is 24.8 Å². The second-order valence-corrected chi connectivity index (χ2v) is 12.0. The first-order valence-corrected chi connectivity index (χ1v) is 15.0. The molecule has 0 bridgehead atoms. The number of fused-ring (bicyclic) bond motifs is 1. The van der Waals surface area contributed by atoms with Crippen LogP contribution in [0.4, 0.5) is 13.2 Å². The monoisotopic (exact) mass is 624 g/mol. The van der Waals surface area contributed by atoms with Crippen molar-refractivity contribution in [1.82, 2.24) is 20.5 Å². The van der Waals surface area contributed by atoms with Crippen molar-refractivity contribution in [2.75, 3.05) is 13.7 Å². The zero-order valence-electron chi connectivity index (χ0n) is 26.4. The van der Waals surface area contributed by atoms with Crippen LogP contribution in [0.2, 0.25) is 0 Å². The lowest BCUT2D eigenvalue weighted by Gasteiger charge is -2.25. The third kappa shape index (κ3) is 8.08. The number of esters is 1. The number of ether oxygens (including phenoxy) is 1. The van der Waals surface area contributed by atoms with Crippen LogP contribution in [0.15, 0.2) is 36.4 Å². The minimum atomic E-state index is -1.34. The van der Waals surface area contributed by atoms with Gasteiger partial charge in [0, 0.05) is 18.7 Å². The van der Waals surface area contributed by atoms with Gasteiger partial charge in [-0.15, -0.1) is 0 Å². The first-order valence-electron chi connectivity index (χ1n) is 15.0. The molecule has 1 aromatic heterocycles. The summed E-state index contributed by atoms with van der Waals surface area (Å²) in [5, 5.41) is 5.41. The number of halogens is 3. The van der Waals surface area contributed by atoms with Gasteiger partial charge in [0.15, 0.2) is 11.6 Å². The van der Waals surface area contributed by atoms with Crippen LogP contribution in [0.5, 0.6) is 0 Å². The summed E-state index contributed by atoms with van der Waals surface area (Å²) in [6.45, 7) is 10.0. The molecule has 1 aliphatic heterocycles. The van der Waals surface area contributed by atoms with Crippen LogP contribution in [0.1, 0.15) is 78.1 Å². The van der Waals surface area contributed by atoms with Gasteiger partial charge in [-0.05, 0) is 98.3 Å². The van der Waals surface area contributed by atoms with E-state index in [4.69, 9.17) is 4.74 Å². The second kappa shape index (κ2) is 14.2. The van der Waals surface area contributed by atoms with Crippen LogP contribution in [-0.4, -0.2) is 47.4 Å². The summed E-state index contributed by atoms with van der Waals surface area (Å²) in [4.78, 5) is 46.1. The fourth-order valence-electron chi connectivity index (χ4n) is 5.75. The predicted molar refractivity (Wildman–Crippen MR) is 163 cm³/mol. The first-order chi connectivity index (χ1) is 21.3. The molecule has 0 saturated carbocycles. The van der Waals surface area contributed by atoms with Crippen LogP contribution < -0.4 is 10.6 Å². The number of nitrogens with one attached hydrogen (secondary N) is 2. The molecule has 3 aromatic rings. The van der Waals surface area contributed by atoms with E-state index in [0.29, 0.717) is 23.2 Å². The smallest absolute Gasteiger partial charge is 0.308 e. The Kier molecular flexibility index (Phi) is 10.6. The van der Waals surface area contributed by atoms with Gasteiger partial charge in [0.2, 0.25) is 5.91 Å². The van der Waals surface area contributed by atoms with Gasteiger partial charge in [-0.3, -0.25) is 19.3 Å². The Morgan fingerprint density at radius 2 is 1.69 bits per heavy atom. The largest absolute Gasteiger partial charge is 0.466 e. The van der Waals surface area contributed by atoms with E-state index in [1.165, 1.54) is 18.2 Å². The van der Waals surface area contributed by atoms with Gasteiger partial charge in [-0.1, -0.05) is 19.9 Å². The maximum absolute atomic E-state index is 15.5. The number of nitrogens with zero attached hydrogens (tertiary/aromatic N) is 2. The number of rotatable bonds is 11. The Hall–Kier alpha value is -4.25. The number of amides is 2. The summed E-state index contributed by atoms with van der Waals surface area (Å²) in [5.74, 6) is -4.93. The van der Waals surface area contributed by atoms with E-state index in [2.05, 4.69) is 20.5 Å². The summed E-state index contributed by atoms with van der Waals surface area (Å²) in [6.07, 6.45) is -0.273. The molecule has 45 heavy (non-hydrogen) atoms. The van der Waals surface area contributed by atoms with Crippen molar-refractivity contribution >= 4 is 17.8 Å². The number of hydrogen-bond donors (Lipinski definition) is 2. The van der Waals surface area contributed by atoms with Gasteiger partial charge < -0.3 is 15.4 Å². The molecule has 1 aliphatic rings. The Bertz CT molecular complexity index is 1590. The molecule has 2 amide bonds. The van der Waals surface area contributed by atoms with Crippen LogP contribution >= 0.6 is 0 Å². The molecule has 0 spiro atoms. The summed E-state index contributed by atoms with van der Waals surface area (Å²) in [6, 6.07) is 5.94. The summed E-state index contributed by atoms with van der Waals surface area (Å²) < 4.78 is 49.7. The number of carbonyl (C=O) groups excluding carboxylic acids is 3. The molecule has 8 nitrogen and oxygen atoms in total. The maximum Gasteiger partial charge on any atom is 0.308 e. The predicted octanol–water partition coefficient (Wildman–Crippen LogP) is 5.68. The molecule has 2 atom stereocenters. The van der Waals surface area contributed by atoms with Crippen molar-refractivity contribution in [3.8, 4) is 11.1 Å². The number of carbonyl (C=O) groups is 3. The van der Waals surface area contributed by atoms with E-state index < -0.39 is 53.7 Å². The minimum absolute atomic E-state index is 0.0341. The Morgan fingerprint density at radius 3 is 2.33 bits per heavy atom. The Balaban J connectivity index is 1.67. The van der Waals surface area contributed by atoms with Gasteiger partial charge in [-0.25, -0.2) is 18.2 Å². The molecule has 0 saturated heterocycles. The van der Waals surface area contributed by atoms with Gasteiger partial charge in [0.25, 0.3) is 5.91 Å². The number of aromatic nitrogens is 1. The van der Waals surface area contributed by atoms with Crippen LogP contribution in [0, 0.1) is 37.2 Å². The average molecular weight is 625 g/mol. The van der Waals surface area contributed by atoms with E-state index in [1.807, 2.05) is 27.0 Å². The van der Waals surface area contributed by atoms with Crippen molar-refractivity contribution < 1.29 is 32.3 Å². The van der Waals surface area contributed by atoms with Crippen LogP contribution in [-0.2, 0) is 27.4 Å². The number of pyridine rings is 1. The van der Waals surface area contributed by atoms with Gasteiger partial charge >= 0.3 is 5.97 Å². The highest BCUT2D eigenvalue weighted by Crippen LogP contribution is 2.34. The molecule has 0 fully saturated rings. The molecule has 4 rings (SSSR count). The third-order valence-electron chi connectivity index (χ3n) is 7.70. The van der Waals surface area contributed by atoms with Crippen LogP contribution in [0.25, 0.3) is 11.1 Å². The lowest BCUT2D eigenvalue weighted by molar-refractivity contribution is -0.143. The minimum Gasteiger partial charge on any atom is -0.466 e. The zero-order chi connectivity index (χ0) is 33.0. The Labute approximate surface area is 261 Å². The first kappa shape index (κ1) is 33.6. The highest BCUT2D eigenvalue weighted by molar-refractivity contribution is 5.96. The SMILES string of the molecule is CCOC(=O)C[C@H](NC(=O)[C@H](CC(C)C)NC(=O)c1ccc2c(n1)CN(C)C2)c1cc(-c2c(C)cc(F)cc2C)cc(F)c1F. The second-order valence-electron chi connectivity index (χ2n) is 12.0. The molecule has 2 aromatic carbocycles. The maximum atomic E-state index is 15.5. The molecule has 2 heterocycles. The summed E-state index contributed by atoms with van der Waals surface area (Å²) in [5.41, 5.74) is 3.43. The standard InChI is InChI=1S/C34H39F3N4O4/c1-7-45-30(42)15-27(24-13-22(14-25(36)32(24)37)31-19(4)11-23(35)12-20(31)5)39-34(44)28(10-18(2)3)40-33(43)26-9-8-21-16-41(6)17-29(21)38-26/h8-9,11-14,18,27-28H,7,10,15-17H2,1-6H3,(H,39,44)(H,40,43)/t27-,28-/m0/s1. The average Bonchev–Trinajstić information content (AvgIpc) is 3.32. The fourth-order valence-corrected chi connectivity index (χ4v) is 5.75. The zero-order valence-corrected chi connectivity index (χ0v) is 26.4. The lowest BCUT2D eigenvalue weighted by atomic mass is 9.91. The Morgan fingerprint density at radius 1 is 1.00 bits per heavy atom. The van der Waals surface area contributed by atoms with E-state index >= 15 is 8.78 Å². The van der Waals surface area contributed by atoms with Crippen molar-refractivity contribution in [2.45, 2.75) is 72.6 Å². The molecule has 240 valence electrons. The molecule has 2 N–H and O–H groups in total. The van der Waals surface area contributed by atoms with Gasteiger partial charge in [-0.2, -0.15) is 0 Å². The topological polar surface area (TPSA) is 101 Å². The third-order valence-corrected chi connectivity index (χ3v) is 7.70. The van der Waals surface area contributed by atoms with Crippen molar-refractivity contribution in [3.63, 3.8) is 0 Å². The van der Waals surface area contributed by atoms with E-state index in [1.54, 1.807) is 26.8 Å². The van der Waals surface area contributed by atoms with Gasteiger partial charge in [0.1, 0.15) is 17.6 Å².